The average molecular weight is 288 g/mol. The van der Waals surface area contributed by atoms with Crippen LogP contribution >= 0.6 is 0 Å². The van der Waals surface area contributed by atoms with Crippen molar-refractivity contribution in [2.75, 3.05) is 0 Å². The minimum Gasteiger partial charge on any atom is -0.508 e. The summed E-state index contributed by atoms with van der Waals surface area (Å²) < 4.78 is 5.39. The second kappa shape index (κ2) is 4.59. The van der Waals surface area contributed by atoms with Crippen molar-refractivity contribution in [1.29, 1.82) is 0 Å². The zero-order chi connectivity index (χ0) is 15.1. The fourth-order valence-electron chi connectivity index (χ4n) is 2.30. The fourth-order valence-corrected chi connectivity index (χ4v) is 2.30. The molecule has 0 saturated heterocycles. The van der Waals surface area contributed by atoms with Crippen molar-refractivity contribution in [2.24, 2.45) is 0 Å². The molecule has 6 heteroatoms. The zero-order valence-electron chi connectivity index (χ0n) is 10.8. The van der Waals surface area contributed by atoms with E-state index in [1.807, 2.05) is 0 Å². The number of aromatic hydroxyl groups is 4. The Bertz CT molecular complexity index is 737. The van der Waals surface area contributed by atoms with Gasteiger partial charge in [-0.05, 0) is 23.8 Å². The number of benzene rings is 2. The van der Waals surface area contributed by atoms with Crippen LogP contribution in [0.3, 0.4) is 0 Å². The highest BCUT2D eigenvalue weighted by Gasteiger charge is 2.35. The number of hydrogen-bond donors (Lipinski definition) is 4. The number of ketones is 1. The molecule has 0 saturated carbocycles. The largest absolute Gasteiger partial charge is 0.508 e. The van der Waals surface area contributed by atoms with Gasteiger partial charge in [-0.25, -0.2) is 0 Å². The molecule has 6 nitrogen and oxygen atoms in total. The zero-order valence-corrected chi connectivity index (χ0v) is 10.8. The van der Waals surface area contributed by atoms with Crippen molar-refractivity contribution >= 4 is 5.78 Å². The molecule has 108 valence electrons. The Hall–Kier alpha value is -2.89. The second-order valence-electron chi connectivity index (χ2n) is 4.80. The number of carbonyl (C=O) groups is 1. The van der Waals surface area contributed by atoms with E-state index >= 15 is 0 Å². The van der Waals surface area contributed by atoms with Crippen LogP contribution in [0, 0.1) is 0 Å². The number of phenolic OH excluding ortho intramolecular Hbond substituents is 4. The van der Waals surface area contributed by atoms with Crippen LogP contribution in [-0.4, -0.2) is 32.3 Å². The molecular weight excluding hydrogens is 276 g/mol. The summed E-state index contributed by atoms with van der Waals surface area (Å²) >= 11 is 0. The topological polar surface area (TPSA) is 107 Å². The summed E-state index contributed by atoms with van der Waals surface area (Å²) in [6.07, 6.45) is -0.817. The third-order valence-electron chi connectivity index (χ3n) is 3.40. The Morgan fingerprint density at radius 3 is 2.48 bits per heavy atom. The SMILES string of the molecule is O=C1c2ccc(O)c(O)c2OC1Cc1ccc(O)cc1O. The summed E-state index contributed by atoms with van der Waals surface area (Å²) in [7, 11) is 0. The number of ether oxygens (including phenoxy) is 1. The molecule has 1 aliphatic heterocycles. The molecule has 0 amide bonds. The summed E-state index contributed by atoms with van der Waals surface area (Å²) in [4.78, 5) is 12.2. The van der Waals surface area contributed by atoms with Gasteiger partial charge in [0.25, 0.3) is 0 Å². The first-order chi connectivity index (χ1) is 9.97. The first kappa shape index (κ1) is 13.1. The van der Waals surface area contributed by atoms with Gasteiger partial charge < -0.3 is 25.2 Å². The number of rotatable bonds is 2. The van der Waals surface area contributed by atoms with Gasteiger partial charge in [0.05, 0.1) is 5.56 Å². The van der Waals surface area contributed by atoms with Crippen molar-refractivity contribution in [3.05, 3.63) is 41.5 Å². The molecule has 0 spiro atoms. The molecule has 21 heavy (non-hydrogen) atoms. The minimum atomic E-state index is -0.900. The van der Waals surface area contributed by atoms with Gasteiger partial charge in [0, 0.05) is 12.5 Å². The highest BCUT2D eigenvalue weighted by Crippen LogP contribution is 2.43. The van der Waals surface area contributed by atoms with Gasteiger partial charge in [-0.3, -0.25) is 4.79 Å². The van der Waals surface area contributed by atoms with E-state index in [1.165, 1.54) is 30.3 Å². The first-order valence-electron chi connectivity index (χ1n) is 6.24. The Morgan fingerprint density at radius 2 is 1.76 bits per heavy atom. The monoisotopic (exact) mass is 288 g/mol. The van der Waals surface area contributed by atoms with Crippen LogP contribution in [0.1, 0.15) is 15.9 Å². The Labute approximate surface area is 119 Å². The van der Waals surface area contributed by atoms with Crippen LogP contribution in [0.15, 0.2) is 30.3 Å². The predicted molar refractivity (Wildman–Crippen MR) is 72.0 cm³/mol. The van der Waals surface area contributed by atoms with Crippen LogP contribution < -0.4 is 4.74 Å². The Kier molecular flexibility index (Phi) is 2.86. The maximum atomic E-state index is 12.2. The molecular formula is C15H12O6. The summed E-state index contributed by atoms with van der Waals surface area (Å²) in [5.74, 6) is -1.46. The number of phenols is 4. The number of hydrogen-bond acceptors (Lipinski definition) is 6. The molecule has 0 aliphatic carbocycles. The maximum Gasteiger partial charge on any atom is 0.207 e. The van der Waals surface area contributed by atoms with Crippen LogP contribution in [0.2, 0.25) is 0 Å². The lowest BCUT2D eigenvalue weighted by Crippen LogP contribution is -2.23. The minimum absolute atomic E-state index is 0.0525. The Balaban J connectivity index is 1.90. The van der Waals surface area contributed by atoms with Crippen molar-refractivity contribution in [3.63, 3.8) is 0 Å². The van der Waals surface area contributed by atoms with Gasteiger partial charge >= 0.3 is 0 Å². The molecule has 0 fully saturated rings. The predicted octanol–water partition coefficient (Wildman–Crippen LogP) is 1.70. The van der Waals surface area contributed by atoms with E-state index in [-0.39, 0.29) is 40.8 Å². The standard InChI is InChI=1S/C15H12O6/c16-8-2-1-7(11(18)6-8)5-12-13(19)9-3-4-10(17)14(20)15(9)21-12/h1-4,6,12,16-18,20H,5H2. The second-order valence-corrected chi connectivity index (χ2v) is 4.80. The van der Waals surface area contributed by atoms with E-state index in [0.29, 0.717) is 5.56 Å². The van der Waals surface area contributed by atoms with Gasteiger partial charge in [-0.15, -0.1) is 0 Å². The molecule has 2 aromatic carbocycles. The van der Waals surface area contributed by atoms with Crippen LogP contribution in [0.4, 0.5) is 0 Å². The number of Topliss-reactive ketones (excluding diaryl/α,β-unsaturated/α-hetero) is 1. The van der Waals surface area contributed by atoms with E-state index in [2.05, 4.69) is 0 Å². The van der Waals surface area contributed by atoms with Gasteiger partial charge in [0.2, 0.25) is 11.5 Å². The lowest BCUT2D eigenvalue weighted by Gasteiger charge is -2.11. The number of carbonyl (C=O) groups excluding carboxylic acids is 1. The summed E-state index contributed by atoms with van der Waals surface area (Å²) in [6, 6.07) is 6.65. The van der Waals surface area contributed by atoms with Gasteiger partial charge in [-0.1, -0.05) is 6.07 Å². The lowest BCUT2D eigenvalue weighted by atomic mass is 10.0. The van der Waals surface area contributed by atoms with E-state index < -0.39 is 11.9 Å². The molecule has 2 aromatic rings. The smallest absolute Gasteiger partial charge is 0.207 e. The molecule has 4 N–H and O–H groups in total. The van der Waals surface area contributed by atoms with Crippen molar-refractivity contribution < 1.29 is 30.0 Å². The van der Waals surface area contributed by atoms with E-state index in [4.69, 9.17) is 4.74 Å². The number of fused-ring (bicyclic) bond motifs is 1. The maximum absolute atomic E-state index is 12.2. The summed E-state index contributed by atoms with van der Waals surface area (Å²) in [6.45, 7) is 0. The normalized spacial score (nSPS) is 16.6. The molecule has 1 unspecified atom stereocenters. The highest BCUT2D eigenvalue weighted by molar-refractivity contribution is 6.05. The van der Waals surface area contributed by atoms with Gasteiger partial charge in [0.1, 0.15) is 11.5 Å². The van der Waals surface area contributed by atoms with E-state index in [0.717, 1.165) is 0 Å². The molecule has 3 rings (SSSR count). The highest BCUT2D eigenvalue weighted by atomic mass is 16.5. The third-order valence-corrected chi connectivity index (χ3v) is 3.40. The van der Waals surface area contributed by atoms with Crippen LogP contribution in [0.25, 0.3) is 0 Å². The molecule has 1 heterocycles. The van der Waals surface area contributed by atoms with Crippen molar-refractivity contribution in [3.8, 4) is 28.7 Å². The molecule has 0 bridgehead atoms. The molecule has 1 aliphatic rings. The van der Waals surface area contributed by atoms with Crippen molar-refractivity contribution in [1.82, 2.24) is 0 Å². The fraction of sp³-hybridized carbons (Fsp3) is 0.133. The van der Waals surface area contributed by atoms with Crippen LogP contribution in [-0.2, 0) is 6.42 Å². The quantitative estimate of drug-likeness (QED) is 0.626. The molecule has 0 aromatic heterocycles. The van der Waals surface area contributed by atoms with Crippen LogP contribution in [0.5, 0.6) is 28.7 Å². The van der Waals surface area contributed by atoms with Gasteiger partial charge in [0.15, 0.2) is 17.6 Å². The molecule has 0 radical (unpaired) electrons. The Morgan fingerprint density at radius 1 is 1.00 bits per heavy atom. The third kappa shape index (κ3) is 2.10. The first-order valence-corrected chi connectivity index (χ1v) is 6.24. The van der Waals surface area contributed by atoms with E-state index in [9.17, 15) is 25.2 Å². The average Bonchev–Trinajstić information content (AvgIpc) is 2.75. The lowest BCUT2D eigenvalue weighted by molar-refractivity contribution is 0.0855. The summed E-state index contributed by atoms with van der Waals surface area (Å²) in [5, 5.41) is 38.1. The van der Waals surface area contributed by atoms with Gasteiger partial charge in [-0.2, -0.15) is 0 Å². The molecule has 1 atom stereocenters. The van der Waals surface area contributed by atoms with Crippen molar-refractivity contribution in [2.45, 2.75) is 12.5 Å². The summed E-state index contributed by atoms with van der Waals surface area (Å²) in [5.41, 5.74) is 0.622. The van der Waals surface area contributed by atoms with E-state index in [1.54, 1.807) is 0 Å².